The molecule has 1 unspecified atom stereocenters. The van der Waals surface area contributed by atoms with Crippen molar-refractivity contribution in [2.24, 2.45) is 5.73 Å². The molecule has 0 spiro atoms. The molecule has 3 N–H and O–H groups in total. The van der Waals surface area contributed by atoms with Gasteiger partial charge in [-0.3, -0.25) is 4.79 Å². The van der Waals surface area contributed by atoms with E-state index in [1.807, 2.05) is 0 Å². The minimum absolute atomic E-state index is 0.0285. The summed E-state index contributed by atoms with van der Waals surface area (Å²) >= 11 is 0. The second-order valence-corrected chi connectivity index (χ2v) is 8.31. The molecule has 3 aromatic rings. The van der Waals surface area contributed by atoms with Crippen molar-refractivity contribution in [2.75, 3.05) is 5.32 Å². The number of anilines is 1. The van der Waals surface area contributed by atoms with Gasteiger partial charge in [-0.05, 0) is 76.2 Å². The third kappa shape index (κ3) is 6.73. The number of hydrogen-bond acceptors (Lipinski definition) is 7. The molecule has 0 aliphatic rings. The van der Waals surface area contributed by atoms with Crippen molar-refractivity contribution in [1.82, 2.24) is 9.97 Å². The summed E-state index contributed by atoms with van der Waals surface area (Å²) in [5.41, 5.74) is 5.25. The van der Waals surface area contributed by atoms with E-state index in [1.54, 1.807) is 52.0 Å². The van der Waals surface area contributed by atoms with Crippen molar-refractivity contribution in [3.63, 3.8) is 0 Å². The van der Waals surface area contributed by atoms with E-state index < -0.39 is 23.5 Å². The number of benzene rings is 2. The molecule has 172 valence electrons. The fourth-order valence-electron chi connectivity index (χ4n) is 2.69. The lowest BCUT2D eigenvalue weighted by Crippen LogP contribution is -2.33. The SMILES string of the molecule is CC(Nc1cc(C(=O)OC(C)(C)C)nc(-c2ccc(Oc3ccc(F)cc3)cc2)n1)C(N)=O. The summed E-state index contributed by atoms with van der Waals surface area (Å²) in [6, 6.07) is 13.2. The Morgan fingerprint density at radius 1 is 1.00 bits per heavy atom. The maximum absolute atomic E-state index is 13.1. The number of carbonyl (C=O) groups excluding carboxylic acids is 2. The number of primary amides is 1. The molecule has 1 aromatic heterocycles. The van der Waals surface area contributed by atoms with Gasteiger partial charge < -0.3 is 20.5 Å². The summed E-state index contributed by atoms with van der Waals surface area (Å²) in [6.45, 7) is 6.84. The number of esters is 1. The maximum atomic E-state index is 13.1. The molecule has 0 aliphatic heterocycles. The quantitative estimate of drug-likeness (QED) is 0.513. The molecule has 9 heteroatoms. The normalized spacial score (nSPS) is 12.0. The molecule has 0 saturated carbocycles. The predicted molar refractivity (Wildman–Crippen MR) is 121 cm³/mol. The first-order chi connectivity index (χ1) is 15.5. The third-order valence-corrected chi connectivity index (χ3v) is 4.29. The highest BCUT2D eigenvalue weighted by Crippen LogP contribution is 2.26. The highest BCUT2D eigenvalue weighted by atomic mass is 19.1. The minimum atomic E-state index is -0.717. The van der Waals surface area contributed by atoms with Gasteiger partial charge in [0.25, 0.3) is 0 Å². The number of rotatable bonds is 7. The molecule has 1 amide bonds. The van der Waals surface area contributed by atoms with Gasteiger partial charge in [0.05, 0.1) is 0 Å². The monoisotopic (exact) mass is 452 g/mol. The van der Waals surface area contributed by atoms with E-state index in [2.05, 4.69) is 15.3 Å². The van der Waals surface area contributed by atoms with Crippen LogP contribution in [0.1, 0.15) is 38.2 Å². The van der Waals surface area contributed by atoms with Gasteiger partial charge in [0.1, 0.15) is 34.8 Å². The van der Waals surface area contributed by atoms with E-state index in [0.29, 0.717) is 17.1 Å². The second-order valence-electron chi connectivity index (χ2n) is 8.31. The van der Waals surface area contributed by atoms with E-state index in [1.165, 1.54) is 30.3 Å². The van der Waals surface area contributed by atoms with Crippen LogP contribution < -0.4 is 15.8 Å². The smallest absolute Gasteiger partial charge is 0.357 e. The van der Waals surface area contributed by atoms with Crippen molar-refractivity contribution in [1.29, 1.82) is 0 Å². The van der Waals surface area contributed by atoms with Crippen LogP contribution in [0.2, 0.25) is 0 Å². The zero-order valence-electron chi connectivity index (χ0n) is 18.8. The first-order valence-electron chi connectivity index (χ1n) is 10.2. The summed E-state index contributed by atoms with van der Waals surface area (Å²) in [7, 11) is 0. The zero-order valence-corrected chi connectivity index (χ0v) is 18.8. The summed E-state index contributed by atoms with van der Waals surface area (Å²) < 4.78 is 24.2. The van der Waals surface area contributed by atoms with Gasteiger partial charge in [0.2, 0.25) is 5.91 Å². The van der Waals surface area contributed by atoms with Crippen molar-refractivity contribution >= 4 is 17.7 Å². The number of nitrogens with zero attached hydrogens (tertiary/aromatic N) is 2. The maximum Gasteiger partial charge on any atom is 0.357 e. The Hall–Kier alpha value is -4.01. The summed E-state index contributed by atoms with van der Waals surface area (Å²) in [5.74, 6) is -0.0542. The molecule has 0 bridgehead atoms. The standard InChI is InChI=1S/C24H25FN4O4/c1-14(21(26)30)27-20-13-19(23(31)33-24(2,3)4)28-22(29-20)15-5-9-17(10-6-15)32-18-11-7-16(25)8-12-18/h5-14H,1-4H3,(H2,26,30)(H,27,28,29). The van der Waals surface area contributed by atoms with Crippen LogP contribution in [0, 0.1) is 5.82 Å². The molecular weight excluding hydrogens is 427 g/mol. The lowest BCUT2D eigenvalue weighted by molar-refractivity contribution is -0.118. The Labute approximate surface area is 191 Å². The Bertz CT molecular complexity index is 1140. The number of amides is 1. The van der Waals surface area contributed by atoms with E-state index in [4.69, 9.17) is 15.2 Å². The van der Waals surface area contributed by atoms with Crippen LogP contribution >= 0.6 is 0 Å². The first-order valence-corrected chi connectivity index (χ1v) is 10.2. The largest absolute Gasteiger partial charge is 0.457 e. The van der Waals surface area contributed by atoms with Crippen LogP contribution in [-0.2, 0) is 9.53 Å². The number of aromatic nitrogens is 2. The number of hydrogen-bond donors (Lipinski definition) is 2. The van der Waals surface area contributed by atoms with Crippen molar-refractivity contribution in [3.05, 3.63) is 66.1 Å². The van der Waals surface area contributed by atoms with Crippen LogP contribution in [0.25, 0.3) is 11.4 Å². The molecule has 0 radical (unpaired) electrons. The van der Waals surface area contributed by atoms with Gasteiger partial charge in [0.15, 0.2) is 11.5 Å². The average Bonchev–Trinajstić information content (AvgIpc) is 2.74. The molecule has 1 atom stereocenters. The van der Waals surface area contributed by atoms with Crippen LogP contribution in [0.4, 0.5) is 10.2 Å². The number of carbonyl (C=O) groups is 2. The number of ether oxygens (including phenoxy) is 2. The second kappa shape index (κ2) is 9.64. The fraction of sp³-hybridized carbons (Fsp3) is 0.250. The highest BCUT2D eigenvalue weighted by molar-refractivity contribution is 5.89. The molecule has 0 saturated heterocycles. The van der Waals surface area contributed by atoms with Crippen molar-refractivity contribution < 1.29 is 23.5 Å². The van der Waals surface area contributed by atoms with Gasteiger partial charge >= 0.3 is 5.97 Å². The van der Waals surface area contributed by atoms with E-state index in [-0.39, 0.29) is 23.2 Å². The molecule has 2 aromatic carbocycles. The van der Waals surface area contributed by atoms with Crippen LogP contribution in [0.15, 0.2) is 54.6 Å². The fourth-order valence-corrected chi connectivity index (χ4v) is 2.69. The molecule has 3 rings (SSSR count). The summed E-state index contributed by atoms with van der Waals surface area (Å²) in [4.78, 5) is 32.8. The average molecular weight is 452 g/mol. The highest BCUT2D eigenvalue weighted by Gasteiger charge is 2.21. The lowest BCUT2D eigenvalue weighted by atomic mass is 10.2. The minimum Gasteiger partial charge on any atom is -0.457 e. The van der Waals surface area contributed by atoms with Gasteiger partial charge in [-0.25, -0.2) is 19.2 Å². The van der Waals surface area contributed by atoms with Gasteiger partial charge in [0, 0.05) is 11.6 Å². The Morgan fingerprint density at radius 3 is 2.12 bits per heavy atom. The van der Waals surface area contributed by atoms with Crippen molar-refractivity contribution in [2.45, 2.75) is 39.3 Å². The van der Waals surface area contributed by atoms with Crippen LogP contribution in [0.5, 0.6) is 11.5 Å². The molecular formula is C24H25FN4O4. The van der Waals surface area contributed by atoms with E-state index >= 15 is 0 Å². The Balaban J connectivity index is 1.90. The molecule has 0 aliphatic carbocycles. The van der Waals surface area contributed by atoms with Gasteiger partial charge in [-0.2, -0.15) is 0 Å². The van der Waals surface area contributed by atoms with E-state index in [0.717, 1.165) is 0 Å². The molecule has 1 heterocycles. The van der Waals surface area contributed by atoms with Crippen molar-refractivity contribution in [3.8, 4) is 22.9 Å². The molecule has 33 heavy (non-hydrogen) atoms. The zero-order chi connectivity index (χ0) is 24.2. The summed E-state index contributed by atoms with van der Waals surface area (Å²) in [5, 5.41) is 2.87. The number of nitrogens with one attached hydrogen (secondary N) is 1. The molecule has 0 fully saturated rings. The Morgan fingerprint density at radius 2 is 1.58 bits per heavy atom. The van der Waals surface area contributed by atoms with Gasteiger partial charge in [-0.15, -0.1) is 0 Å². The summed E-state index contributed by atoms with van der Waals surface area (Å²) in [6.07, 6.45) is 0. The topological polar surface area (TPSA) is 116 Å². The van der Waals surface area contributed by atoms with Crippen LogP contribution in [0.3, 0.4) is 0 Å². The lowest BCUT2D eigenvalue weighted by Gasteiger charge is -2.20. The van der Waals surface area contributed by atoms with Crippen LogP contribution in [-0.4, -0.2) is 33.5 Å². The molecule has 8 nitrogen and oxygen atoms in total. The predicted octanol–water partition coefficient (Wildman–Crippen LogP) is 4.32. The third-order valence-electron chi connectivity index (χ3n) is 4.29. The number of nitrogens with two attached hydrogens (primary N) is 1. The number of halogens is 1. The Kier molecular flexibility index (Phi) is 6.91. The first kappa shape index (κ1) is 23.6. The van der Waals surface area contributed by atoms with E-state index in [9.17, 15) is 14.0 Å². The van der Waals surface area contributed by atoms with Gasteiger partial charge in [-0.1, -0.05) is 0 Å².